The molecule has 28 heavy (non-hydrogen) atoms. The van der Waals surface area contributed by atoms with Gasteiger partial charge in [-0.15, -0.1) is 0 Å². The number of halogens is 1. The molecule has 0 aliphatic carbocycles. The fourth-order valence-corrected chi connectivity index (χ4v) is 3.30. The molecule has 0 atom stereocenters. The molecule has 2 aromatic carbocycles. The summed E-state index contributed by atoms with van der Waals surface area (Å²) in [5.74, 6) is 0.622. The van der Waals surface area contributed by atoms with Crippen LogP contribution in [-0.2, 0) is 0 Å². The van der Waals surface area contributed by atoms with E-state index in [1.165, 1.54) is 19.2 Å². The van der Waals surface area contributed by atoms with Crippen molar-refractivity contribution in [2.24, 2.45) is 0 Å². The Kier molecular flexibility index (Phi) is 5.16. The van der Waals surface area contributed by atoms with Crippen LogP contribution in [0.5, 0.6) is 5.75 Å². The maximum atomic E-state index is 11.3. The monoisotopic (exact) mass is 394 g/mol. The molecule has 0 aliphatic rings. The van der Waals surface area contributed by atoms with Crippen LogP contribution in [0.4, 0.5) is 11.5 Å². The predicted octanol–water partition coefficient (Wildman–Crippen LogP) is 4.75. The number of aromatic nitrogens is 1. The quantitative estimate of drug-likeness (QED) is 0.504. The first kappa shape index (κ1) is 19.1. The molecule has 0 bridgehead atoms. The van der Waals surface area contributed by atoms with Gasteiger partial charge >= 0.3 is 0 Å². The molecule has 1 aromatic heterocycles. The molecule has 7 nitrogen and oxygen atoms in total. The topological polar surface area (TPSA) is 115 Å². The first-order chi connectivity index (χ1) is 13.4. The van der Waals surface area contributed by atoms with Crippen molar-refractivity contribution in [3.8, 4) is 34.1 Å². The molecule has 2 N–H and O–H groups in total. The number of nitriles is 1. The molecule has 3 rings (SSSR count). The van der Waals surface area contributed by atoms with E-state index in [9.17, 15) is 15.4 Å². The average molecular weight is 395 g/mol. The van der Waals surface area contributed by atoms with E-state index < -0.39 is 4.92 Å². The van der Waals surface area contributed by atoms with Gasteiger partial charge in [0.05, 0.1) is 12.0 Å². The van der Waals surface area contributed by atoms with E-state index in [2.05, 4.69) is 11.1 Å². The Morgan fingerprint density at radius 1 is 1.25 bits per heavy atom. The average Bonchev–Trinajstić information content (AvgIpc) is 2.67. The fourth-order valence-electron chi connectivity index (χ4n) is 3.12. The highest BCUT2D eigenvalue weighted by Gasteiger charge is 2.23. The van der Waals surface area contributed by atoms with Crippen molar-refractivity contribution in [1.29, 1.82) is 5.26 Å². The lowest BCUT2D eigenvalue weighted by molar-refractivity contribution is -0.384. The minimum absolute atomic E-state index is 0.00449. The summed E-state index contributed by atoms with van der Waals surface area (Å²) in [6.07, 6.45) is 0. The van der Waals surface area contributed by atoms with Gasteiger partial charge in [0.2, 0.25) is 0 Å². The van der Waals surface area contributed by atoms with Crippen LogP contribution in [0.2, 0.25) is 5.02 Å². The predicted molar refractivity (Wildman–Crippen MR) is 107 cm³/mol. The van der Waals surface area contributed by atoms with E-state index in [0.29, 0.717) is 33.7 Å². The molecule has 3 aromatic rings. The van der Waals surface area contributed by atoms with E-state index in [1.54, 1.807) is 19.1 Å². The van der Waals surface area contributed by atoms with Crippen LogP contribution >= 0.6 is 11.6 Å². The molecule has 8 heteroatoms. The number of anilines is 1. The van der Waals surface area contributed by atoms with Crippen molar-refractivity contribution in [3.63, 3.8) is 0 Å². The summed E-state index contributed by atoms with van der Waals surface area (Å²) >= 11 is 5.96. The number of hydrogen-bond donors (Lipinski definition) is 1. The Morgan fingerprint density at radius 2 is 1.96 bits per heavy atom. The molecular formula is C20H15ClN4O3. The van der Waals surface area contributed by atoms with Crippen LogP contribution in [0.25, 0.3) is 22.3 Å². The molecule has 0 fully saturated rings. The minimum Gasteiger partial charge on any atom is -0.496 e. The SMILES string of the molecule is COc1ccccc1-c1c(C)nc(N)c(C#N)c1-c1ccc(Cl)c([N+](=O)[O-])c1. The number of nitro groups is 1. The molecule has 0 spiro atoms. The van der Waals surface area contributed by atoms with E-state index in [-0.39, 0.29) is 22.1 Å². The Balaban J connectivity index is 2.46. The number of nitro benzene ring substituents is 1. The van der Waals surface area contributed by atoms with Gasteiger partial charge in [-0.2, -0.15) is 5.26 Å². The van der Waals surface area contributed by atoms with Gasteiger partial charge in [0.15, 0.2) is 0 Å². The summed E-state index contributed by atoms with van der Waals surface area (Å²) in [6.45, 7) is 1.76. The Hall–Kier alpha value is -3.63. The minimum atomic E-state index is -0.571. The van der Waals surface area contributed by atoms with Crippen LogP contribution in [0.3, 0.4) is 0 Å². The Morgan fingerprint density at radius 3 is 2.61 bits per heavy atom. The highest BCUT2D eigenvalue weighted by atomic mass is 35.5. The lowest BCUT2D eigenvalue weighted by Crippen LogP contribution is -2.04. The summed E-state index contributed by atoms with van der Waals surface area (Å²) in [7, 11) is 1.54. The van der Waals surface area contributed by atoms with Crippen LogP contribution < -0.4 is 10.5 Å². The van der Waals surface area contributed by atoms with Gasteiger partial charge in [-0.3, -0.25) is 10.1 Å². The smallest absolute Gasteiger partial charge is 0.288 e. The Bertz CT molecular complexity index is 1140. The lowest BCUT2D eigenvalue weighted by Gasteiger charge is -2.18. The van der Waals surface area contributed by atoms with Crippen molar-refractivity contribution in [2.45, 2.75) is 6.92 Å². The van der Waals surface area contributed by atoms with Crippen molar-refractivity contribution >= 4 is 23.1 Å². The number of nitrogens with zero attached hydrogens (tertiary/aromatic N) is 3. The number of nitrogen functional groups attached to an aromatic ring is 1. The standard InChI is InChI=1S/C20H15ClN4O3/c1-11-18(13-5-3-4-6-17(13)28-2)19(14(10-22)20(23)24-11)12-7-8-15(21)16(9-12)25(26)27/h3-9H,1-2H3,(H2,23,24). The fraction of sp³-hybridized carbons (Fsp3) is 0.100. The largest absolute Gasteiger partial charge is 0.496 e. The maximum absolute atomic E-state index is 11.3. The highest BCUT2D eigenvalue weighted by Crippen LogP contribution is 2.43. The molecule has 0 radical (unpaired) electrons. The number of aryl methyl sites for hydroxylation is 1. The Labute approximate surface area is 166 Å². The van der Waals surface area contributed by atoms with Gasteiger partial charge in [-0.05, 0) is 24.6 Å². The zero-order chi connectivity index (χ0) is 20.4. The summed E-state index contributed by atoms with van der Waals surface area (Å²) in [6, 6.07) is 13.7. The summed E-state index contributed by atoms with van der Waals surface area (Å²) < 4.78 is 5.46. The van der Waals surface area contributed by atoms with Crippen molar-refractivity contribution in [3.05, 3.63) is 68.9 Å². The molecule has 0 saturated carbocycles. The van der Waals surface area contributed by atoms with E-state index >= 15 is 0 Å². The molecular weight excluding hydrogens is 380 g/mol. The summed E-state index contributed by atoms with van der Waals surface area (Å²) in [4.78, 5) is 15.1. The lowest BCUT2D eigenvalue weighted by atomic mass is 9.89. The van der Waals surface area contributed by atoms with Crippen molar-refractivity contribution in [1.82, 2.24) is 4.98 Å². The molecule has 0 amide bonds. The highest BCUT2D eigenvalue weighted by molar-refractivity contribution is 6.32. The second kappa shape index (κ2) is 7.55. The molecule has 140 valence electrons. The van der Waals surface area contributed by atoms with Gasteiger partial charge in [0.25, 0.3) is 5.69 Å². The second-order valence-corrected chi connectivity index (χ2v) is 6.35. The normalized spacial score (nSPS) is 10.4. The number of benzene rings is 2. The number of ether oxygens (including phenoxy) is 1. The third-order valence-electron chi connectivity index (χ3n) is 4.33. The van der Waals surface area contributed by atoms with Gasteiger partial charge in [0.1, 0.15) is 28.2 Å². The van der Waals surface area contributed by atoms with E-state index in [0.717, 1.165) is 0 Å². The number of hydrogen-bond acceptors (Lipinski definition) is 6. The molecule has 0 unspecified atom stereocenters. The van der Waals surface area contributed by atoms with E-state index in [4.69, 9.17) is 22.1 Å². The van der Waals surface area contributed by atoms with Crippen LogP contribution in [-0.4, -0.2) is 17.0 Å². The van der Waals surface area contributed by atoms with Gasteiger partial charge in [-0.25, -0.2) is 4.98 Å². The van der Waals surface area contributed by atoms with Crippen LogP contribution in [0.1, 0.15) is 11.3 Å². The van der Waals surface area contributed by atoms with Gasteiger partial charge < -0.3 is 10.5 Å². The maximum Gasteiger partial charge on any atom is 0.288 e. The summed E-state index contributed by atoms with van der Waals surface area (Å²) in [5.41, 5.74) is 8.60. The molecule has 0 saturated heterocycles. The number of pyridine rings is 1. The third-order valence-corrected chi connectivity index (χ3v) is 4.65. The zero-order valence-corrected chi connectivity index (χ0v) is 15.8. The number of rotatable bonds is 4. The molecule has 0 aliphatic heterocycles. The van der Waals surface area contributed by atoms with Gasteiger partial charge in [-0.1, -0.05) is 35.9 Å². The zero-order valence-electron chi connectivity index (χ0n) is 15.1. The van der Waals surface area contributed by atoms with Crippen molar-refractivity contribution < 1.29 is 9.66 Å². The van der Waals surface area contributed by atoms with Crippen LogP contribution in [0.15, 0.2) is 42.5 Å². The first-order valence-corrected chi connectivity index (χ1v) is 8.54. The first-order valence-electron chi connectivity index (χ1n) is 8.16. The number of para-hydroxylation sites is 1. The summed E-state index contributed by atoms with van der Waals surface area (Å²) in [5, 5.41) is 21.1. The molecule has 1 heterocycles. The number of methoxy groups -OCH3 is 1. The van der Waals surface area contributed by atoms with Gasteiger partial charge in [0, 0.05) is 28.5 Å². The number of nitrogens with two attached hydrogens (primary N) is 1. The van der Waals surface area contributed by atoms with Crippen LogP contribution in [0, 0.1) is 28.4 Å². The third kappa shape index (κ3) is 3.21. The van der Waals surface area contributed by atoms with Crippen molar-refractivity contribution in [2.75, 3.05) is 12.8 Å². The van der Waals surface area contributed by atoms with E-state index in [1.807, 2.05) is 18.2 Å². The second-order valence-electron chi connectivity index (χ2n) is 5.94.